The number of aryl methyl sites for hydroxylation is 1. The van der Waals surface area contributed by atoms with Crippen LogP contribution >= 0.6 is 15.9 Å². The van der Waals surface area contributed by atoms with Crippen molar-refractivity contribution in [1.82, 2.24) is 9.97 Å². The lowest BCUT2D eigenvalue weighted by Gasteiger charge is -2.09. The number of nitrogens with two attached hydrogens (primary N) is 1. The van der Waals surface area contributed by atoms with Gasteiger partial charge in [-0.1, -0.05) is 22.0 Å². The van der Waals surface area contributed by atoms with Crippen molar-refractivity contribution >= 4 is 27.4 Å². The van der Waals surface area contributed by atoms with Gasteiger partial charge >= 0.3 is 11.6 Å². The number of nitrogen functional groups attached to an aromatic ring is 1. The third kappa shape index (κ3) is 2.83. The van der Waals surface area contributed by atoms with Gasteiger partial charge in [0.25, 0.3) is 0 Å². The lowest BCUT2D eigenvalue weighted by atomic mass is 10.2. The Balaban J connectivity index is 2.48. The molecule has 1 aromatic heterocycles. The molecule has 0 aliphatic heterocycles. The molecule has 0 atom stereocenters. The second kappa shape index (κ2) is 5.80. The number of hydrazine groups is 1. The number of nitro groups is 1. The Labute approximate surface area is 122 Å². The smallest absolute Gasteiger partial charge is 0.374 e. The fraction of sp³-hybridized carbons (Fsp3) is 0.0909. The number of hydrogen-bond acceptors (Lipinski definition) is 7. The summed E-state index contributed by atoms with van der Waals surface area (Å²) >= 11 is 3.31. The summed E-state index contributed by atoms with van der Waals surface area (Å²) in [6.07, 6.45) is 1.13. The van der Waals surface area contributed by atoms with Gasteiger partial charge in [0.2, 0.25) is 5.82 Å². The molecule has 8 nitrogen and oxygen atoms in total. The van der Waals surface area contributed by atoms with E-state index in [-0.39, 0.29) is 11.7 Å². The highest BCUT2D eigenvalue weighted by Crippen LogP contribution is 2.35. The van der Waals surface area contributed by atoms with Crippen molar-refractivity contribution < 1.29 is 9.66 Å². The van der Waals surface area contributed by atoms with E-state index in [1.807, 2.05) is 19.1 Å². The molecule has 0 saturated heterocycles. The molecule has 0 unspecified atom stereocenters. The molecule has 0 fully saturated rings. The minimum Gasteiger partial charge on any atom is -0.433 e. The van der Waals surface area contributed by atoms with Gasteiger partial charge in [-0.25, -0.2) is 10.8 Å². The number of aromatic nitrogens is 2. The zero-order valence-electron chi connectivity index (χ0n) is 10.3. The van der Waals surface area contributed by atoms with Crippen LogP contribution in [0, 0.1) is 17.0 Å². The Kier molecular flexibility index (Phi) is 4.11. The lowest BCUT2D eigenvalue weighted by Crippen LogP contribution is -2.12. The van der Waals surface area contributed by atoms with E-state index >= 15 is 0 Å². The van der Waals surface area contributed by atoms with Gasteiger partial charge in [-0.2, -0.15) is 4.98 Å². The molecule has 0 aliphatic carbocycles. The normalized spacial score (nSPS) is 10.2. The van der Waals surface area contributed by atoms with Crippen molar-refractivity contribution in [2.45, 2.75) is 6.92 Å². The zero-order chi connectivity index (χ0) is 14.7. The van der Waals surface area contributed by atoms with Gasteiger partial charge in [0.15, 0.2) is 0 Å². The van der Waals surface area contributed by atoms with Crippen molar-refractivity contribution in [3.05, 3.63) is 44.7 Å². The van der Waals surface area contributed by atoms with Crippen molar-refractivity contribution in [3.63, 3.8) is 0 Å². The fourth-order valence-electron chi connectivity index (χ4n) is 1.50. The summed E-state index contributed by atoms with van der Waals surface area (Å²) in [6.45, 7) is 1.82. The molecule has 3 N–H and O–H groups in total. The summed E-state index contributed by atoms with van der Waals surface area (Å²) in [7, 11) is 0. The number of halogens is 1. The quantitative estimate of drug-likeness (QED) is 0.499. The van der Waals surface area contributed by atoms with Gasteiger partial charge in [0.1, 0.15) is 12.1 Å². The molecule has 0 radical (unpaired) electrons. The third-order valence-corrected chi connectivity index (χ3v) is 2.96. The van der Waals surface area contributed by atoms with Gasteiger partial charge < -0.3 is 10.2 Å². The first-order chi connectivity index (χ1) is 9.52. The van der Waals surface area contributed by atoms with Crippen LogP contribution in [0.3, 0.4) is 0 Å². The summed E-state index contributed by atoms with van der Waals surface area (Å²) in [5.74, 6) is 5.35. The number of ether oxygens (including phenoxy) is 1. The first-order valence-corrected chi connectivity index (χ1v) is 6.22. The number of rotatable bonds is 4. The lowest BCUT2D eigenvalue weighted by molar-refractivity contribution is -0.385. The molecular weight excluding hydrogens is 330 g/mol. The molecule has 9 heteroatoms. The highest BCUT2D eigenvalue weighted by atomic mass is 79.9. The fourth-order valence-corrected chi connectivity index (χ4v) is 1.84. The molecule has 0 bridgehead atoms. The van der Waals surface area contributed by atoms with Gasteiger partial charge in [0.05, 0.1) is 4.92 Å². The second-order valence-corrected chi connectivity index (χ2v) is 4.71. The van der Waals surface area contributed by atoms with Crippen molar-refractivity contribution in [2.24, 2.45) is 5.84 Å². The van der Waals surface area contributed by atoms with E-state index in [0.717, 1.165) is 16.4 Å². The monoisotopic (exact) mass is 339 g/mol. The van der Waals surface area contributed by atoms with E-state index in [0.29, 0.717) is 5.75 Å². The van der Waals surface area contributed by atoms with Crippen LogP contribution < -0.4 is 16.0 Å². The molecule has 1 aromatic carbocycles. The molecule has 0 spiro atoms. The minimum absolute atomic E-state index is 0.118. The number of nitrogens with zero attached hydrogens (tertiary/aromatic N) is 3. The van der Waals surface area contributed by atoms with Crippen LogP contribution in [0.25, 0.3) is 0 Å². The standard InChI is InChI=1S/C11H10BrN5O3/c1-6-2-3-7(12)4-8(6)20-11-9(17(18)19)10(16-13)14-5-15-11/h2-5H,13H2,1H3,(H,14,15,16). The number of nitrogens with one attached hydrogen (secondary N) is 1. The first-order valence-electron chi connectivity index (χ1n) is 5.43. The van der Waals surface area contributed by atoms with Gasteiger partial charge in [0, 0.05) is 4.47 Å². The molecular formula is C11H10BrN5O3. The highest BCUT2D eigenvalue weighted by Gasteiger charge is 2.24. The van der Waals surface area contributed by atoms with Crippen LogP contribution in [0.4, 0.5) is 11.5 Å². The van der Waals surface area contributed by atoms with Gasteiger partial charge in [-0.15, -0.1) is 0 Å². The molecule has 104 valence electrons. The number of hydrogen-bond donors (Lipinski definition) is 2. The Morgan fingerprint density at radius 3 is 2.85 bits per heavy atom. The van der Waals surface area contributed by atoms with Crippen molar-refractivity contribution in [1.29, 1.82) is 0 Å². The average Bonchev–Trinajstić information content (AvgIpc) is 2.42. The average molecular weight is 340 g/mol. The molecule has 2 aromatic rings. The van der Waals surface area contributed by atoms with Crippen molar-refractivity contribution in [3.8, 4) is 11.6 Å². The number of anilines is 1. The van der Waals surface area contributed by atoms with E-state index in [9.17, 15) is 10.1 Å². The summed E-state index contributed by atoms with van der Waals surface area (Å²) in [5.41, 5.74) is 2.53. The SMILES string of the molecule is Cc1ccc(Br)cc1Oc1ncnc(NN)c1[N+](=O)[O-]. The molecule has 0 saturated carbocycles. The maximum absolute atomic E-state index is 11.1. The Morgan fingerprint density at radius 2 is 2.20 bits per heavy atom. The van der Waals surface area contributed by atoms with Crippen LogP contribution in [0.5, 0.6) is 11.6 Å². The Hall–Kier alpha value is -2.26. The molecule has 2 rings (SSSR count). The van der Waals surface area contributed by atoms with Crippen LogP contribution in [-0.4, -0.2) is 14.9 Å². The largest absolute Gasteiger partial charge is 0.433 e. The number of benzene rings is 1. The van der Waals surface area contributed by atoms with E-state index in [2.05, 4.69) is 31.3 Å². The van der Waals surface area contributed by atoms with E-state index in [4.69, 9.17) is 10.6 Å². The van der Waals surface area contributed by atoms with Gasteiger partial charge in [-0.05, 0) is 24.6 Å². The molecule has 0 aliphatic rings. The summed E-state index contributed by atoms with van der Waals surface area (Å²) in [4.78, 5) is 17.9. The Morgan fingerprint density at radius 1 is 1.45 bits per heavy atom. The predicted molar refractivity (Wildman–Crippen MR) is 75.4 cm³/mol. The van der Waals surface area contributed by atoms with E-state index < -0.39 is 10.6 Å². The maximum Gasteiger partial charge on any atom is 0.374 e. The molecule has 0 amide bonds. The summed E-state index contributed by atoms with van der Waals surface area (Å²) < 4.78 is 6.29. The van der Waals surface area contributed by atoms with Crippen LogP contribution in [0.1, 0.15) is 5.56 Å². The van der Waals surface area contributed by atoms with Gasteiger partial charge in [-0.3, -0.25) is 10.1 Å². The molecule has 1 heterocycles. The predicted octanol–water partition coefficient (Wildman–Crippen LogP) is 2.53. The highest BCUT2D eigenvalue weighted by molar-refractivity contribution is 9.10. The van der Waals surface area contributed by atoms with E-state index in [1.165, 1.54) is 0 Å². The summed E-state index contributed by atoms with van der Waals surface area (Å²) in [5, 5.41) is 11.1. The minimum atomic E-state index is -0.655. The summed E-state index contributed by atoms with van der Waals surface area (Å²) in [6, 6.07) is 5.34. The Bertz CT molecular complexity index is 665. The zero-order valence-corrected chi connectivity index (χ0v) is 11.9. The third-order valence-electron chi connectivity index (χ3n) is 2.46. The van der Waals surface area contributed by atoms with Crippen molar-refractivity contribution in [2.75, 3.05) is 5.43 Å². The maximum atomic E-state index is 11.1. The second-order valence-electron chi connectivity index (χ2n) is 3.79. The van der Waals surface area contributed by atoms with E-state index in [1.54, 1.807) is 6.07 Å². The first kappa shape index (κ1) is 14.2. The molecule has 20 heavy (non-hydrogen) atoms. The van der Waals surface area contributed by atoms with Crippen LogP contribution in [0.15, 0.2) is 29.0 Å². The van der Waals surface area contributed by atoms with Crippen LogP contribution in [0.2, 0.25) is 0 Å². The van der Waals surface area contributed by atoms with Crippen LogP contribution in [-0.2, 0) is 0 Å². The topological polar surface area (TPSA) is 116 Å².